The molecule has 0 saturated carbocycles. The molecule has 1 heterocycles. The normalized spacial score (nSPS) is 23.4. The summed E-state index contributed by atoms with van der Waals surface area (Å²) in [6.45, 7) is 4.64. The van der Waals surface area contributed by atoms with Crippen molar-refractivity contribution < 1.29 is 14.3 Å². The summed E-state index contributed by atoms with van der Waals surface area (Å²) in [5.41, 5.74) is 1.81. The van der Waals surface area contributed by atoms with Gasteiger partial charge in [-0.15, -0.1) is 0 Å². The predicted molar refractivity (Wildman–Crippen MR) is 68.9 cm³/mol. The maximum Gasteiger partial charge on any atom is 0.168 e. The van der Waals surface area contributed by atoms with Crippen molar-refractivity contribution in [3.63, 3.8) is 0 Å². The lowest BCUT2D eigenvalue weighted by atomic mass is 9.94. The van der Waals surface area contributed by atoms with E-state index in [0.29, 0.717) is 18.8 Å². The van der Waals surface area contributed by atoms with Gasteiger partial charge in [-0.05, 0) is 12.5 Å². The highest BCUT2D eigenvalue weighted by atomic mass is 16.5. The Balaban J connectivity index is 1.83. The van der Waals surface area contributed by atoms with E-state index in [2.05, 4.69) is 0 Å². The van der Waals surface area contributed by atoms with Crippen LogP contribution in [0.5, 0.6) is 0 Å². The SMILES string of the molecule is CC1=COC(COCc2ccccc2)C(C)C1=O. The lowest BCUT2D eigenvalue weighted by molar-refractivity contribution is -0.126. The molecule has 1 aliphatic heterocycles. The van der Waals surface area contributed by atoms with Gasteiger partial charge >= 0.3 is 0 Å². The van der Waals surface area contributed by atoms with Gasteiger partial charge in [-0.1, -0.05) is 37.3 Å². The number of benzene rings is 1. The zero-order valence-electron chi connectivity index (χ0n) is 10.8. The second kappa shape index (κ2) is 5.83. The third kappa shape index (κ3) is 2.99. The molecular weight excluding hydrogens is 228 g/mol. The second-order valence-electron chi connectivity index (χ2n) is 4.63. The first kappa shape index (κ1) is 12.8. The summed E-state index contributed by atoms with van der Waals surface area (Å²) < 4.78 is 11.1. The van der Waals surface area contributed by atoms with Gasteiger partial charge in [0.1, 0.15) is 6.10 Å². The summed E-state index contributed by atoms with van der Waals surface area (Å²) in [5.74, 6) is 0.0142. The quantitative estimate of drug-likeness (QED) is 0.819. The molecule has 0 radical (unpaired) electrons. The zero-order chi connectivity index (χ0) is 13.0. The molecule has 1 aromatic carbocycles. The number of ketones is 1. The lowest BCUT2D eigenvalue weighted by Gasteiger charge is -2.26. The minimum absolute atomic E-state index is 0.134. The summed E-state index contributed by atoms with van der Waals surface area (Å²) in [4.78, 5) is 11.8. The number of Topliss-reactive ketones (excluding diaryl/α,β-unsaturated/α-hetero) is 1. The topological polar surface area (TPSA) is 35.5 Å². The zero-order valence-corrected chi connectivity index (χ0v) is 10.8. The lowest BCUT2D eigenvalue weighted by Crippen LogP contribution is -2.35. The Hall–Kier alpha value is -1.61. The first-order valence-corrected chi connectivity index (χ1v) is 6.16. The van der Waals surface area contributed by atoms with Crippen LogP contribution in [0.25, 0.3) is 0 Å². The molecule has 1 aliphatic rings. The largest absolute Gasteiger partial charge is 0.494 e. The molecule has 0 saturated heterocycles. The summed E-state index contributed by atoms with van der Waals surface area (Å²) in [5, 5.41) is 0. The van der Waals surface area contributed by atoms with E-state index < -0.39 is 0 Å². The number of rotatable bonds is 4. The van der Waals surface area contributed by atoms with Crippen molar-refractivity contribution in [2.75, 3.05) is 6.61 Å². The molecule has 1 aromatic rings. The number of carbonyl (C=O) groups excluding carboxylic acids is 1. The minimum atomic E-state index is -0.176. The molecular formula is C15H18O3. The van der Waals surface area contributed by atoms with Crippen molar-refractivity contribution in [3.05, 3.63) is 47.7 Å². The van der Waals surface area contributed by atoms with E-state index in [0.717, 1.165) is 5.56 Å². The van der Waals surface area contributed by atoms with Gasteiger partial charge in [0.05, 0.1) is 25.4 Å². The van der Waals surface area contributed by atoms with Crippen LogP contribution in [0.3, 0.4) is 0 Å². The molecule has 96 valence electrons. The van der Waals surface area contributed by atoms with Gasteiger partial charge in [-0.2, -0.15) is 0 Å². The number of hydrogen-bond acceptors (Lipinski definition) is 3. The Morgan fingerprint density at radius 3 is 2.72 bits per heavy atom. The molecule has 2 rings (SSSR count). The average molecular weight is 246 g/mol. The van der Waals surface area contributed by atoms with Gasteiger partial charge in [0.25, 0.3) is 0 Å². The van der Waals surface area contributed by atoms with Crippen LogP contribution in [-0.2, 0) is 20.9 Å². The summed E-state index contributed by atoms with van der Waals surface area (Å²) >= 11 is 0. The predicted octanol–water partition coefficient (Wildman–Crippen LogP) is 2.71. The number of allylic oxidation sites excluding steroid dienone is 1. The molecule has 0 spiro atoms. The van der Waals surface area contributed by atoms with Crippen LogP contribution in [0.15, 0.2) is 42.2 Å². The molecule has 0 aliphatic carbocycles. The molecule has 0 fully saturated rings. The monoisotopic (exact) mass is 246 g/mol. The Bertz CT molecular complexity index is 436. The van der Waals surface area contributed by atoms with Gasteiger partial charge in [0, 0.05) is 5.57 Å². The van der Waals surface area contributed by atoms with Crippen LogP contribution >= 0.6 is 0 Å². The van der Waals surface area contributed by atoms with Gasteiger partial charge in [-0.3, -0.25) is 4.79 Å². The molecule has 0 amide bonds. The fourth-order valence-electron chi connectivity index (χ4n) is 1.94. The Kier molecular flexibility index (Phi) is 4.15. The van der Waals surface area contributed by atoms with E-state index in [1.165, 1.54) is 0 Å². The Morgan fingerprint density at radius 2 is 2.00 bits per heavy atom. The molecule has 2 unspecified atom stereocenters. The van der Waals surface area contributed by atoms with Crippen molar-refractivity contribution in [2.24, 2.45) is 5.92 Å². The molecule has 0 bridgehead atoms. The summed E-state index contributed by atoms with van der Waals surface area (Å²) in [7, 11) is 0. The highest BCUT2D eigenvalue weighted by molar-refractivity contribution is 5.97. The maximum atomic E-state index is 11.8. The molecule has 3 heteroatoms. The van der Waals surface area contributed by atoms with Crippen molar-refractivity contribution in [3.8, 4) is 0 Å². The molecule has 2 atom stereocenters. The van der Waals surface area contributed by atoms with Gasteiger partial charge in [-0.25, -0.2) is 0 Å². The third-order valence-electron chi connectivity index (χ3n) is 3.17. The van der Waals surface area contributed by atoms with Crippen LogP contribution in [-0.4, -0.2) is 18.5 Å². The highest BCUT2D eigenvalue weighted by Crippen LogP contribution is 2.20. The Morgan fingerprint density at radius 1 is 1.28 bits per heavy atom. The third-order valence-corrected chi connectivity index (χ3v) is 3.17. The first-order valence-electron chi connectivity index (χ1n) is 6.16. The number of hydrogen-bond donors (Lipinski definition) is 0. The van der Waals surface area contributed by atoms with E-state index in [9.17, 15) is 4.79 Å². The van der Waals surface area contributed by atoms with Crippen molar-refractivity contribution >= 4 is 5.78 Å². The van der Waals surface area contributed by atoms with Crippen LogP contribution in [0, 0.1) is 5.92 Å². The molecule has 0 N–H and O–H groups in total. The van der Waals surface area contributed by atoms with E-state index in [1.807, 2.05) is 37.3 Å². The van der Waals surface area contributed by atoms with Crippen LogP contribution in [0.2, 0.25) is 0 Å². The van der Waals surface area contributed by atoms with E-state index in [4.69, 9.17) is 9.47 Å². The van der Waals surface area contributed by atoms with Gasteiger partial charge < -0.3 is 9.47 Å². The number of carbonyl (C=O) groups is 1. The summed E-state index contributed by atoms with van der Waals surface area (Å²) in [6, 6.07) is 9.96. The molecule has 3 nitrogen and oxygen atoms in total. The van der Waals surface area contributed by atoms with Crippen LogP contribution in [0.4, 0.5) is 0 Å². The highest BCUT2D eigenvalue weighted by Gasteiger charge is 2.29. The first-order chi connectivity index (χ1) is 8.68. The molecule has 0 aromatic heterocycles. The Labute approximate surface area is 107 Å². The van der Waals surface area contributed by atoms with Gasteiger partial charge in [0.2, 0.25) is 0 Å². The second-order valence-corrected chi connectivity index (χ2v) is 4.63. The van der Waals surface area contributed by atoms with Crippen molar-refractivity contribution in [1.29, 1.82) is 0 Å². The fourth-order valence-corrected chi connectivity index (χ4v) is 1.94. The van der Waals surface area contributed by atoms with E-state index in [1.54, 1.807) is 13.2 Å². The molecule has 18 heavy (non-hydrogen) atoms. The standard InChI is InChI=1S/C15H18O3/c1-11-8-18-14(12(2)15(11)16)10-17-9-13-6-4-3-5-7-13/h3-8,12,14H,9-10H2,1-2H3. The fraction of sp³-hybridized carbons (Fsp3) is 0.400. The average Bonchev–Trinajstić information content (AvgIpc) is 2.40. The smallest absolute Gasteiger partial charge is 0.168 e. The van der Waals surface area contributed by atoms with Gasteiger partial charge in [0.15, 0.2) is 5.78 Å². The van der Waals surface area contributed by atoms with Crippen molar-refractivity contribution in [1.82, 2.24) is 0 Å². The van der Waals surface area contributed by atoms with E-state index >= 15 is 0 Å². The number of ether oxygens (including phenoxy) is 2. The maximum absolute atomic E-state index is 11.8. The van der Waals surface area contributed by atoms with Crippen LogP contribution < -0.4 is 0 Å². The van der Waals surface area contributed by atoms with Crippen LogP contribution in [0.1, 0.15) is 19.4 Å². The van der Waals surface area contributed by atoms with Crippen molar-refractivity contribution in [2.45, 2.75) is 26.6 Å². The summed E-state index contributed by atoms with van der Waals surface area (Å²) in [6.07, 6.45) is 1.36. The minimum Gasteiger partial charge on any atom is -0.494 e. The van der Waals surface area contributed by atoms with E-state index in [-0.39, 0.29) is 17.8 Å².